The fourth-order valence-corrected chi connectivity index (χ4v) is 7.79. The lowest BCUT2D eigenvalue weighted by Gasteiger charge is -2.40. The summed E-state index contributed by atoms with van der Waals surface area (Å²) < 4.78 is 6.11. The van der Waals surface area contributed by atoms with Crippen molar-refractivity contribution in [2.45, 2.75) is 48.6 Å². The fraction of sp³-hybridized carbons (Fsp3) is 0.778. The van der Waals surface area contributed by atoms with E-state index < -0.39 is 33.8 Å². The Morgan fingerprint density at radius 3 is 2.00 bits per heavy atom. The van der Waals surface area contributed by atoms with E-state index in [9.17, 15) is 9.59 Å². The van der Waals surface area contributed by atoms with Crippen molar-refractivity contribution in [3.8, 4) is 0 Å². The number of imide groups is 1. The number of hydrogen-bond acceptors (Lipinski definition) is 4. The van der Waals surface area contributed by atoms with Gasteiger partial charge in [0.15, 0.2) is 0 Å². The number of hydrogen-bond donors (Lipinski definition) is 0. The zero-order valence-corrected chi connectivity index (χ0v) is 17.8. The molecule has 4 bridgehead atoms. The highest BCUT2D eigenvalue weighted by Crippen LogP contribution is 2.75. The lowest BCUT2D eigenvalue weighted by atomic mass is 9.65. The van der Waals surface area contributed by atoms with Gasteiger partial charge in [-0.05, 0) is 18.8 Å². The Balaban J connectivity index is 1.46. The van der Waals surface area contributed by atoms with Gasteiger partial charge < -0.3 is 4.74 Å². The third-order valence-electron chi connectivity index (χ3n) is 6.88. The van der Waals surface area contributed by atoms with Crippen LogP contribution in [0.1, 0.15) is 26.7 Å². The third-order valence-corrected chi connectivity index (χ3v) is 9.38. The quantitative estimate of drug-likeness (QED) is 0.480. The molecule has 27 heavy (non-hydrogen) atoms. The molecule has 0 aromatic carbocycles. The Labute approximate surface area is 177 Å². The second kappa shape index (κ2) is 5.77. The van der Waals surface area contributed by atoms with Gasteiger partial charge in [0, 0.05) is 11.8 Å². The van der Waals surface area contributed by atoms with Crippen LogP contribution in [0.25, 0.3) is 0 Å². The molecule has 5 aliphatic rings. The Morgan fingerprint density at radius 2 is 1.56 bits per heavy atom. The zero-order chi connectivity index (χ0) is 19.5. The molecule has 2 aliphatic carbocycles. The van der Waals surface area contributed by atoms with Crippen LogP contribution < -0.4 is 0 Å². The Bertz CT molecular complexity index is 733. The average Bonchev–Trinajstić information content (AvgIpc) is 3.32. The van der Waals surface area contributed by atoms with Gasteiger partial charge in [-0.1, -0.05) is 37.0 Å². The lowest BCUT2D eigenvalue weighted by molar-refractivity contribution is -0.193. The summed E-state index contributed by atoms with van der Waals surface area (Å²) in [6, 6.07) is 0. The fourth-order valence-electron chi connectivity index (χ4n) is 5.77. The van der Waals surface area contributed by atoms with E-state index in [1.807, 2.05) is 0 Å². The molecule has 3 saturated heterocycles. The van der Waals surface area contributed by atoms with Gasteiger partial charge in [0.2, 0.25) is 0 Å². The van der Waals surface area contributed by atoms with Crippen LogP contribution in [0.15, 0.2) is 10.1 Å². The molecule has 0 aromatic rings. The van der Waals surface area contributed by atoms with Crippen molar-refractivity contribution in [2.75, 3.05) is 6.61 Å². The molecule has 3 heterocycles. The number of halogens is 4. The van der Waals surface area contributed by atoms with Crippen molar-refractivity contribution < 1.29 is 19.2 Å². The molecule has 4 fully saturated rings. The Morgan fingerprint density at radius 1 is 1.07 bits per heavy atom. The lowest BCUT2D eigenvalue weighted by Crippen LogP contribution is -2.50. The van der Waals surface area contributed by atoms with Crippen molar-refractivity contribution in [2.24, 2.45) is 29.6 Å². The van der Waals surface area contributed by atoms with Crippen molar-refractivity contribution in [1.82, 2.24) is 5.06 Å². The molecule has 0 aromatic heterocycles. The molecular weight excluding hydrogens is 436 g/mol. The van der Waals surface area contributed by atoms with E-state index in [1.165, 1.54) is 0 Å². The van der Waals surface area contributed by atoms with Crippen molar-refractivity contribution >= 4 is 58.2 Å². The molecule has 2 amide bonds. The number of hydroxylamine groups is 2. The first-order chi connectivity index (χ1) is 12.6. The van der Waals surface area contributed by atoms with Crippen molar-refractivity contribution in [3.05, 3.63) is 10.1 Å². The summed E-state index contributed by atoms with van der Waals surface area (Å²) in [5.41, 5.74) is 0. The average molecular weight is 455 g/mol. The van der Waals surface area contributed by atoms with E-state index >= 15 is 0 Å². The molecule has 5 nitrogen and oxygen atoms in total. The largest absolute Gasteiger partial charge is 0.373 e. The molecule has 0 spiro atoms. The first kappa shape index (κ1) is 19.0. The summed E-state index contributed by atoms with van der Waals surface area (Å²) in [6.45, 7) is 4.42. The molecule has 1 saturated carbocycles. The smallest absolute Gasteiger partial charge is 0.260 e. The van der Waals surface area contributed by atoms with E-state index in [0.29, 0.717) is 29.0 Å². The number of nitrogens with zero attached hydrogens (tertiary/aromatic N) is 1. The molecule has 148 valence electrons. The number of amides is 2. The number of rotatable bonds is 4. The summed E-state index contributed by atoms with van der Waals surface area (Å²) in [7, 11) is 0. The van der Waals surface area contributed by atoms with Gasteiger partial charge in [-0.3, -0.25) is 14.4 Å². The maximum Gasteiger partial charge on any atom is 0.260 e. The topological polar surface area (TPSA) is 55.8 Å². The van der Waals surface area contributed by atoms with Gasteiger partial charge >= 0.3 is 0 Å². The molecular formula is C18H19Cl4NO4. The van der Waals surface area contributed by atoms with Crippen LogP contribution in [0.2, 0.25) is 0 Å². The maximum absolute atomic E-state index is 12.9. The highest BCUT2D eigenvalue weighted by atomic mass is 35.5. The molecule has 0 radical (unpaired) electrons. The molecule has 5 rings (SSSR count). The number of carbonyl (C=O) groups excluding carboxylic acids is 2. The summed E-state index contributed by atoms with van der Waals surface area (Å²) in [5, 5.41) is 1.62. The second-order valence-electron chi connectivity index (χ2n) is 8.68. The first-order valence-electron chi connectivity index (χ1n) is 9.23. The zero-order valence-electron chi connectivity index (χ0n) is 14.8. The van der Waals surface area contributed by atoms with E-state index in [4.69, 9.17) is 56.0 Å². The van der Waals surface area contributed by atoms with E-state index in [1.54, 1.807) is 0 Å². The van der Waals surface area contributed by atoms with Gasteiger partial charge in [-0.2, -0.15) is 5.06 Å². The number of allylic oxidation sites excluding steroid dienone is 2. The second-order valence-corrected chi connectivity index (χ2v) is 10.8. The van der Waals surface area contributed by atoms with E-state index in [0.717, 1.165) is 11.5 Å². The summed E-state index contributed by atoms with van der Waals surface area (Å²) in [4.78, 5) is 29.5. The minimum Gasteiger partial charge on any atom is -0.373 e. The Kier molecular flexibility index (Phi) is 4.05. The predicted molar refractivity (Wildman–Crippen MR) is 100 cm³/mol. The van der Waals surface area contributed by atoms with Gasteiger partial charge in [0.1, 0.15) is 0 Å². The van der Waals surface area contributed by atoms with Gasteiger partial charge in [-0.25, -0.2) is 0 Å². The summed E-state index contributed by atoms with van der Waals surface area (Å²) in [6.07, 6.45) is 0.141. The third kappa shape index (κ3) is 2.11. The maximum atomic E-state index is 12.9. The minimum atomic E-state index is -0.940. The van der Waals surface area contributed by atoms with Crippen LogP contribution in [0, 0.1) is 29.6 Å². The highest BCUT2D eigenvalue weighted by Gasteiger charge is 2.82. The van der Waals surface area contributed by atoms with Crippen molar-refractivity contribution in [3.63, 3.8) is 0 Å². The molecule has 8 atom stereocenters. The van der Waals surface area contributed by atoms with Crippen LogP contribution in [0.4, 0.5) is 0 Å². The number of fused-ring (bicyclic) bond motifs is 12. The molecule has 9 heteroatoms. The van der Waals surface area contributed by atoms with Gasteiger partial charge in [0.25, 0.3) is 11.8 Å². The van der Waals surface area contributed by atoms with Crippen LogP contribution in [0.3, 0.4) is 0 Å². The standard InChI is InChI=1S/C18H19Cl4NO4/c1-6(2)3-4-26-23-15(24)7-8(16(23)25)12-10-9(11(7)27-12)17(21)5-18(10,22)14(20)13(17)19/h6-12H,3-5H2,1-2H3/t7-,8+,9+,10-,11+,12-,17-,18-/m0/s1. The summed E-state index contributed by atoms with van der Waals surface area (Å²) >= 11 is 26.6. The SMILES string of the molecule is CC(C)CCON1C(=O)[C@@H]2[C@H]3O[C@@H]([C@@H]2C1=O)[C@@H]1[C@H]3[C@@]2(Cl)C[C@@]1(Cl)C(Cl)=C2Cl. The van der Waals surface area contributed by atoms with Gasteiger partial charge in [0.05, 0.1) is 50.5 Å². The molecule has 0 N–H and O–H groups in total. The van der Waals surface area contributed by atoms with Gasteiger partial charge in [-0.15, -0.1) is 23.2 Å². The number of carbonyl (C=O) groups is 2. The first-order valence-corrected chi connectivity index (χ1v) is 10.7. The van der Waals surface area contributed by atoms with Crippen molar-refractivity contribution in [1.29, 1.82) is 0 Å². The molecule has 0 unspecified atom stereocenters. The minimum absolute atomic E-state index is 0.245. The van der Waals surface area contributed by atoms with Crippen LogP contribution in [0.5, 0.6) is 0 Å². The van der Waals surface area contributed by atoms with Crippen LogP contribution >= 0.6 is 46.4 Å². The monoisotopic (exact) mass is 453 g/mol. The molecule has 3 aliphatic heterocycles. The number of ether oxygens (including phenoxy) is 1. The van der Waals surface area contributed by atoms with Crippen LogP contribution in [-0.2, 0) is 19.2 Å². The highest BCUT2D eigenvalue weighted by molar-refractivity contribution is 6.51. The normalized spacial score (nSPS) is 49.8. The number of alkyl halides is 2. The predicted octanol–water partition coefficient (Wildman–Crippen LogP) is 3.64. The van der Waals surface area contributed by atoms with Crippen LogP contribution in [-0.4, -0.2) is 45.4 Å². The van der Waals surface area contributed by atoms with E-state index in [2.05, 4.69) is 13.8 Å². The van der Waals surface area contributed by atoms with E-state index in [-0.39, 0.29) is 23.7 Å². The Hall–Kier alpha value is -0.0400. The summed E-state index contributed by atoms with van der Waals surface area (Å²) in [5.74, 6) is -1.97.